The van der Waals surface area contributed by atoms with Crippen LogP contribution < -0.4 is 0 Å². The molecule has 0 bridgehead atoms. The second-order valence-corrected chi connectivity index (χ2v) is 3.25. The number of pyridine rings is 1. The third kappa shape index (κ3) is 1.19. The van der Waals surface area contributed by atoms with Gasteiger partial charge in [0, 0.05) is 4.47 Å². The topological polar surface area (TPSA) is 67.5 Å². The van der Waals surface area contributed by atoms with E-state index >= 15 is 0 Å². The van der Waals surface area contributed by atoms with Crippen molar-refractivity contribution in [3.8, 4) is 0 Å². The molecule has 66 valence electrons. The van der Waals surface area contributed by atoms with E-state index in [1.54, 1.807) is 12.1 Å². The molecule has 0 aromatic carbocycles. The molecule has 13 heavy (non-hydrogen) atoms. The number of aromatic nitrogens is 3. The summed E-state index contributed by atoms with van der Waals surface area (Å²) in [6.07, 6.45) is 1.36. The fourth-order valence-electron chi connectivity index (χ4n) is 1.08. The van der Waals surface area contributed by atoms with E-state index in [4.69, 9.17) is 5.11 Å². The van der Waals surface area contributed by atoms with Crippen LogP contribution >= 0.6 is 15.9 Å². The molecule has 0 saturated heterocycles. The van der Waals surface area contributed by atoms with E-state index in [1.165, 1.54) is 10.7 Å². The van der Waals surface area contributed by atoms with Crippen LogP contribution in [0.5, 0.6) is 0 Å². The first kappa shape index (κ1) is 8.18. The molecule has 0 spiro atoms. The van der Waals surface area contributed by atoms with Crippen molar-refractivity contribution in [3.05, 3.63) is 28.6 Å². The fraction of sp³-hybridized carbons (Fsp3) is 0. The fourth-order valence-corrected chi connectivity index (χ4v) is 1.57. The van der Waals surface area contributed by atoms with Gasteiger partial charge in [-0.2, -0.15) is 0 Å². The first-order chi connectivity index (χ1) is 6.20. The van der Waals surface area contributed by atoms with Crippen LogP contribution in [0.3, 0.4) is 0 Å². The van der Waals surface area contributed by atoms with Crippen molar-refractivity contribution in [1.82, 2.24) is 14.6 Å². The predicted octanol–water partition coefficient (Wildman–Crippen LogP) is 1.19. The Morgan fingerprint density at radius 2 is 2.31 bits per heavy atom. The van der Waals surface area contributed by atoms with Gasteiger partial charge in [0.25, 0.3) is 0 Å². The SMILES string of the molecule is O=C(O)c1c(Br)ccc2nncn12. The van der Waals surface area contributed by atoms with Crippen molar-refractivity contribution >= 4 is 27.5 Å². The molecule has 2 aromatic rings. The Kier molecular flexibility index (Phi) is 1.77. The summed E-state index contributed by atoms with van der Waals surface area (Å²) in [5, 5.41) is 16.2. The number of carbonyl (C=O) groups is 1. The largest absolute Gasteiger partial charge is 0.477 e. The Balaban J connectivity index is 2.88. The molecule has 0 fully saturated rings. The average molecular weight is 242 g/mol. The molecule has 0 aliphatic heterocycles. The number of carboxylic acid groups (broad SMARTS) is 1. The summed E-state index contributed by atoms with van der Waals surface area (Å²) in [7, 11) is 0. The highest BCUT2D eigenvalue weighted by atomic mass is 79.9. The molecule has 2 heterocycles. The summed E-state index contributed by atoms with van der Waals surface area (Å²) >= 11 is 3.15. The number of carboxylic acids is 1. The van der Waals surface area contributed by atoms with E-state index < -0.39 is 5.97 Å². The Morgan fingerprint density at radius 3 is 3.00 bits per heavy atom. The molecule has 2 rings (SSSR count). The maximum Gasteiger partial charge on any atom is 0.354 e. The van der Waals surface area contributed by atoms with Crippen molar-refractivity contribution in [2.75, 3.05) is 0 Å². The first-order valence-electron chi connectivity index (χ1n) is 3.41. The van der Waals surface area contributed by atoms with Gasteiger partial charge in [0.1, 0.15) is 12.0 Å². The zero-order chi connectivity index (χ0) is 9.42. The van der Waals surface area contributed by atoms with Gasteiger partial charge < -0.3 is 5.11 Å². The van der Waals surface area contributed by atoms with Gasteiger partial charge in [-0.05, 0) is 28.1 Å². The summed E-state index contributed by atoms with van der Waals surface area (Å²) in [6.45, 7) is 0. The zero-order valence-corrected chi connectivity index (χ0v) is 7.89. The standard InChI is InChI=1S/C7H4BrN3O2/c8-4-1-2-5-10-9-3-11(5)6(4)7(12)13/h1-3H,(H,12,13). The highest BCUT2D eigenvalue weighted by molar-refractivity contribution is 9.10. The minimum atomic E-state index is -1.02. The third-order valence-corrected chi connectivity index (χ3v) is 2.26. The van der Waals surface area contributed by atoms with Crippen molar-refractivity contribution in [2.45, 2.75) is 0 Å². The molecule has 5 nitrogen and oxygen atoms in total. The summed E-state index contributed by atoms with van der Waals surface area (Å²) < 4.78 is 1.92. The van der Waals surface area contributed by atoms with E-state index in [0.29, 0.717) is 10.1 Å². The van der Waals surface area contributed by atoms with Gasteiger partial charge in [-0.3, -0.25) is 4.40 Å². The molecule has 0 atom stereocenters. The van der Waals surface area contributed by atoms with E-state index in [1.807, 2.05) is 0 Å². The number of nitrogens with zero attached hydrogens (tertiary/aromatic N) is 3. The highest BCUT2D eigenvalue weighted by Gasteiger charge is 2.12. The minimum Gasteiger partial charge on any atom is -0.477 e. The molecule has 0 amide bonds. The summed E-state index contributed by atoms with van der Waals surface area (Å²) in [6, 6.07) is 3.32. The van der Waals surface area contributed by atoms with Crippen LogP contribution in [0, 0.1) is 0 Å². The molecular formula is C7H4BrN3O2. The molecule has 0 radical (unpaired) electrons. The van der Waals surface area contributed by atoms with Crippen LogP contribution in [-0.4, -0.2) is 25.7 Å². The highest BCUT2D eigenvalue weighted by Crippen LogP contribution is 2.17. The van der Waals surface area contributed by atoms with Gasteiger partial charge in [0.05, 0.1) is 0 Å². The van der Waals surface area contributed by atoms with Crippen LogP contribution in [0.4, 0.5) is 0 Å². The average Bonchev–Trinajstić information content (AvgIpc) is 2.50. The van der Waals surface area contributed by atoms with Gasteiger partial charge >= 0.3 is 5.97 Å². The summed E-state index contributed by atoms with van der Waals surface area (Å²) in [4.78, 5) is 10.8. The second-order valence-electron chi connectivity index (χ2n) is 2.39. The number of fused-ring (bicyclic) bond motifs is 1. The number of aromatic carboxylic acids is 1. The van der Waals surface area contributed by atoms with Gasteiger partial charge in [0.15, 0.2) is 5.65 Å². The molecule has 1 N–H and O–H groups in total. The quantitative estimate of drug-likeness (QED) is 0.815. The van der Waals surface area contributed by atoms with Crippen molar-refractivity contribution in [1.29, 1.82) is 0 Å². The van der Waals surface area contributed by atoms with Gasteiger partial charge in [-0.1, -0.05) is 0 Å². The van der Waals surface area contributed by atoms with Gasteiger partial charge in [-0.15, -0.1) is 10.2 Å². The van der Waals surface area contributed by atoms with Crippen LogP contribution in [0.2, 0.25) is 0 Å². The number of hydrogen-bond acceptors (Lipinski definition) is 3. The normalized spacial score (nSPS) is 10.5. The maximum absolute atomic E-state index is 10.8. The lowest BCUT2D eigenvalue weighted by Crippen LogP contribution is -2.05. The number of rotatable bonds is 1. The lowest BCUT2D eigenvalue weighted by molar-refractivity contribution is 0.0687. The Labute approximate surface area is 81.1 Å². The van der Waals surface area contributed by atoms with Gasteiger partial charge in [-0.25, -0.2) is 4.79 Å². The van der Waals surface area contributed by atoms with Crippen LogP contribution in [0.25, 0.3) is 5.65 Å². The molecule has 2 aromatic heterocycles. The number of hydrogen-bond donors (Lipinski definition) is 1. The molecular weight excluding hydrogens is 238 g/mol. The van der Waals surface area contributed by atoms with E-state index in [-0.39, 0.29) is 5.69 Å². The van der Waals surface area contributed by atoms with Crippen molar-refractivity contribution in [2.24, 2.45) is 0 Å². The third-order valence-electron chi connectivity index (χ3n) is 1.62. The van der Waals surface area contributed by atoms with E-state index in [2.05, 4.69) is 26.1 Å². The smallest absolute Gasteiger partial charge is 0.354 e. The molecule has 0 aliphatic rings. The lowest BCUT2D eigenvalue weighted by atomic mass is 10.3. The number of halogens is 1. The summed E-state index contributed by atoms with van der Waals surface area (Å²) in [5.74, 6) is -1.02. The van der Waals surface area contributed by atoms with Crippen LogP contribution in [0.1, 0.15) is 10.5 Å². The molecule has 0 aliphatic carbocycles. The maximum atomic E-state index is 10.8. The molecule has 0 saturated carbocycles. The van der Waals surface area contributed by atoms with Gasteiger partial charge in [0.2, 0.25) is 0 Å². The monoisotopic (exact) mass is 241 g/mol. The molecule has 6 heteroatoms. The van der Waals surface area contributed by atoms with Crippen molar-refractivity contribution in [3.63, 3.8) is 0 Å². The van der Waals surface area contributed by atoms with E-state index in [9.17, 15) is 4.79 Å². The lowest BCUT2D eigenvalue weighted by Gasteiger charge is -2.00. The Bertz CT molecular complexity index is 480. The van der Waals surface area contributed by atoms with Crippen LogP contribution in [-0.2, 0) is 0 Å². The minimum absolute atomic E-state index is 0.127. The predicted molar refractivity (Wildman–Crippen MR) is 47.6 cm³/mol. The Hall–Kier alpha value is -1.43. The summed E-state index contributed by atoms with van der Waals surface area (Å²) in [5.41, 5.74) is 0.642. The molecule has 0 unspecified atom stereocenters. The Morgan fingerprint density at radius 1 is 1.54 bits per heavy atom. The van der Waals surface area contributed by atoms with E-state index in [0.717, 1.165) is 0 Å². The zero-order valence-electron chi connectivity index (χ0n) is 6.31. The van der Waals surface area contributed by atoms with Crippen molar-refractivity contribution < 1.29 is 9.90 Å². The second kappa shape index (κ2) is 2.81. The van der Waals surface area contributed by atoms with Crippen LogP contribution in [0.15, 0.2) is 22.9 Å². The first-order valence-corrected chi connectivity index (χ1v) is 4.21.